The van der Waals surface area contributed by atoms with Gasteiger partial charge in [0, 0.05) is 5.56 Å². The van der Waals surface area contributed by atoms with Crippen LogP contribution in [0.4, 0.5) is 8.78 Å². The summed E-state index contributed by atoms with van der Waals surface area (Å²) in [6, 6.07) is 2.19. The Kier molecular flexibility index (Phi) is 3.08. The number of methoxy groups -OCH3 is 1. The zero-order valence-corrected chi connectivity index (χ0v) is 8.31. The van der Waals surface area contributed by atoms with E-state index in [2.05, 4.69) is 15.9 Å². The molecule has 13 heavy (non-hydrogen) atoms. The summed E-state index contributed by atoms with van der Waals surface area (Å²) in [6.07, 6.45) is -2.60. The zero-order chi connectivity index (χ0) is 10.0. The SMILES string of the molecule is COc1c(O)cc(C(F)F)cc1Br. The van der Waals surface area contributed by atoms with Crippen LogP contribution in [-0.2, 0) is 0 Å². The van der Waals surface area contributed by atoms with Crippen molar-refractivity contribution in [3.8, 4) is 11.5 Å². The summed E-state index contributed by atoms with van der Waals surface area (Å²) in [4.78, 5) is 0. The van der Waals surface area contributed by atoms with Crippen LogP contribution in [-0.4, -0.2) is 12.2 Å². The summed E-state index contributed by atoms with van der Waals surface area (Å²) in [5, 5.41) is 9.23. The highest BCUT2D eigenvalue weighted by atomic mass is 79.9. The Labute approximate surface area is 82.3 Å². The lowest BCUT2D eigenvalue weighted by molar-refractivity contribution is 0.150. The number of ether oxygens (including phenoxy) is 1. The van der Waals surface area contributed by atoms with Gasteiger partial charge in [0.15, 0.2) is 11.5 Å². The molecule has 0 aliphatic rings. The lowest BCUT2D eigenvalue weighted by Crippen LogP contribution is -1.89. The van der Waals surface area contributed by atoms with Crippen molar-refractivity contribution in [2.75, 3.05) is 7.11 Å². The van der Waals surface area contributed by atoms with Crippen molar-refractivity contribution in [3.63, 3.8) is 0 Å². The molecule has 2 nitrogen and oxygen atoms in total. The van der Waals surface area contributed by atoms with Gasteiger partial charge in [0.2, 0.25) is 0 Å². The van der Waals surface area contributed by atoms with Crippen molar-refractivity contribution in [2.24, 2.45) is 0 Å². The Hall–Kier alpha value is -0.840. The smallest absolute Gasteiger partial charge is 0.264 e. The molecule has 0 saturated heterocycles. The van der Waals surface area contributed by atoms with Crippen LogP contribution in [0.25, 0.3) is 0 Å². The number of alkyl halides is 2. The summed E-state index contributed by atoms with van der Waals surface area (Å²) >= 11 is 3.01. The zero-order valence-electron chi connectivity index (χ0n) is 6.72. The second kappa shape index (κ2) is 3.91. The topological polar surface area (TPSA) is 29.5 Å². The molecule has 1 aromatic carbocycles. The quantitative estimate of drug-likeness (QED) is 0.877. The second-order valence-corrected chi connectivity index (χ2v) is 3.21. The van der Waals surface area contributed by atoms with E-state index in [1.807, 2.05) is 0 Å². The Morgan fingerprint density at radius 2 is 2.08 bits per heavy atom. The van der Waals surface area contributed by atoms with Crippen molar-refractivity contribution >= 4 is 15.9 Å². The molecule has 0 bridgehead atoms. The molecule has 72 valence electrons. The minimum Gasteiger partial charge on any atom is -0.504 e. The van der Waals surface area contributed by atoms with Crippen LogP contribution in [0.1, 0.15) is 12.0 Å². The van der Waals surface area contributed by atoms with Gasteiger partial charge in [-0.2, -0.15) is 0 Å². The van der Waals surface area contributed by atoms with Gasteiger partial charge >= 0.3 is 0 Å². The lowest BCUT2D eigenvalue weighted by atomic mass is 10.2. The third-order valence-electron chi connectivity index (χ3n) is 1.50. The number of phenols is 1. The van der Waals surface area contributed by atoms with Gasteiger partial charge in [0.1, 0.15) is 0 Å². The van der Waals surface area contributed by atoms with Gasteiger partial charge in [-0.3, -0.25) is 0 Å². The number of phenolic OH excluding ortho intramolecular Hbond substituents is 1. The third-order valence-corrected chi connectivity index (χ3v) is 2.09. The molecule has 0 atom stereocenters. The molecule has 0 fully saturated rings. The second-order valence-electron chi connectivity index (χ2n) is 2.36. The predicted molar refractivity (Wildman–Crippen MR) is 47.3 cm³/mol. The molecule has 0 aromatic heterocycles. The maximum absolute atomic E-state index is 12.2. The Morgan fingerprint density at radius 1 is 1.46 bits per heavy atom. The molecule has 0 aliphatic heterocycles. The summed E-state index contributed by atoms with van der Waals surface area (Å²) in [7, 11) is 1.35. The van der Waals surface area contributed by atoms with Crippen LogP contribution in [0.15, 0.2) is 16.6 Å². The lowest BCUT2D eigenvalue weighted by Gasteiger charge is -2.08. The molecule has 0 spiro atoms. The molecular weight excluding hydrogens is 246 g/mol. The van der Waals surface area contributed by atoms with Crippen LogP contribution in [0.5, 0.6) is 11.5 Å². The van der Waals surface area contributed by atoms with Gasteiger partial charge in [0.25, 0.3) is 6.43 Å². The van der Waals surface area contributed by atoms with Gasteiger partial charge in [-0.05, 0) is 28.1 Å². The monoisotopic (exact) mass is 252 g/mol. The van der Waals surface area contributed by atoms with E-state index in [9.17, 15) is 13.9 Å². The molecule has 0 amide bonds. The highest BCUT2D eigenvalue weighted by Gasteiger charge is 2.14. The van der Waals surface area contributed by atoms with E-state index >= 15 is 0 Å². The summed E-state index contributed by atoms with van der Waals surface area (Å²) in [6.45, 7) is 0. The van der Waals surface area contributed by atoms with E-state index in [-0.39, 0.29) is 17.1 Å². The Balaban J connectivity index is 3.20. The first-order chi connectivity index (χ1) is 6.06. The fraction of sp³-hybridized carbons (Fsp3) is 0.250. The van der Waals surface area contributed by atoms with E-state index in [1.54, 1.807) is 0 Å². The van der Waals surface area contributed by atoms with Crippen molar-refractivity contribution in [1.29, 1.82) is 0 Å². The number of halogens is 3. The Bertz CT molecular complexity index is 292. The molecule has 0 radical (unpaired) electrons. The average Bonchev–Trinajstić information content (AvgIpc) is 2.03. The molecule has 1 rings (SSSR count). The van der Waals surface area contributed by atoms with Gasteiger partial charge in [-0.1, -0.05) is 0 Å². The van der Waals surface area contributed by atoms with Crippen LogP contribution >= 0.6 is 15.9 Å². The van der Waals surface area contributed by atoms with E-state index in [1.165, 1.54) is 13.2 Å². The molecule has 0 aliphatic carbocycles. The van der Waals surface area contributed by atoms with Crippen LogP contribution in [0, 0.1) is 0 Å². The van der Waals surface area contributed by atoms with Gasteiger partial charge in [0.05, 0.1) is 11.6 Å². The standard InChI is InChI=1S/C8H7BrF2O2/c1-13-7-5(9)2-4(8(10)11)3-6(7)12/h2-3,8,12H,1H3. The third kappa shape index (κ3) is 2.09. The van der Waals surface area contributed by atoms with Crippen molar-refractivity contribution < 1.29 is 18.6 Å². The predicted octanol–water partition coefficient (Wildman–Crippen LogP) is 3.10. The number of hydrogen-bond donors (Lipinski definition) is 1. The fourth-order valence-electron chi connectivity index (χ4n) is 0.927. The highest BCUT2D eigenvalue weighted by molar-refractivity contribution is 9.10. The van der Waals surface area contributed by atoms with Gasteiger partial charge in [-0.25, -0.2) is 8.78 Å². The fourth-order valence-corrected chi connectivity index (χ4v) is 1.56. The van der Waals surface area contributed by atoms with Crippen LogP contribution in [0.2, 0.25) is 0 Å². The maximum atomic E-state index is 12.2. The first-order valence-electron chi connectivity index (χ1n) is 3.40. The largest absolute Gasteiger partial charge is 0.504 e. The Morgan fingerprint density at radius 3 is 2.46 bits per heavy atom. The number of benzene rings is 1. The minimum atomic E-state index is -2.60. The van der Waals surface area contributed by atoms with Crippen LogP contribution < -0.4 is 4.74 Å². The number of rotatable bonds is 2. The normalized spacial score (nSPS) is 10.5. The van der Waals surface area contributed by atoms with Gasteiger partial charge < -0.3 is 9.84 Å². The molecule has 1 aromatic rings. The van der Waals surface area contributed by atoms with Gasteiger partial charge in [-0.15, -0.1) is 0 Å². The first kappa shape index (κ1) is 10.2. The summed E-state index contributed by atoms with van der Waals surface area (Å²) in [5.74, 6) is -0.142. The van der Waals surface area contributed by atoms with Crippen molar-refractivity contribution in [2.45, 2.75) is 6.43 Å². The molecule has 0 unspecified atom stereocenters. The molecule has 5 heteroatoms. The molecule has 0 heterocycles. The average molecular weight is 253 g/mol. The highest BCUT2D eigenvalue weighted by Crippen LogP contribution is 2.37. The number of aromatic hydroxyl groups is 1. The van der Waals surface area contributed by atoms with E-state index in [4.69, 9.17) is 4.74 Å². The minimum absolute atomic E-state index is 0.157. The van der Waals surface area contributed by atoms with Crippen molar-refractivity contribution in [3.05, 3.63) is 22.2 Å². The molecule has 1 N–H and O–H groups in total. The van der Waals surface area contributed by atoms with Crippen molar-refractivity contribution in [1.82, 2.24) is 0 Å². The summed E-state index contributed by atoms with van der Waals surface area (Å²) < 4.78 is 29.5. The van der Waals surface area contributed by atoms with E-state index in [0.717, 1.165) is 6.07 Å². The maximum Gasteiger partial charge on any atom is 0.264 e. The van der Waals surface area contributed by atoms with Crippen LogP contribution in [0.3, 0.4) is 0 Å². The first-order valence-corrected chi connectivity index (χ1v) is 4.20. The molecular formula is C8H7BrF2O2. The molecule has 0 saturated carbocycles. The summed E-state index contributed by atoms with van der Waals surface area (Å²) in [5.41, 5.74) is -0.245. The number of hydrogen-bond acceptors (Lipinski definition) is 2. The van der Waals surface area contributed by atoms with E-state index < -0.39 is 6.43 Å². The van der Waals surface area contributed by atoms with E-state index in [0.29, 0.717) is 4.47 Å².